The highest BCUT2D eigenvalue weighted by molar-refractivity contribution is 5.30. The van der Waals surface area contributed by atoms with Gasteiger partial charge in [0.2, 0.25) is 0 Å². The van der Waals surface area contributed by atoms with Crippen LogP contribution in [0.1, 0.15) is 23.1 Å². The van der Waals surface area contributed by atoms with E-state index in [-0.39, 0.29) is 0 Å². The summed E-state index contributed by atoms with van der Waals surface area (Å²) in [5.74, 6) is 0.928. The third kappa shape index (κ3) is 4.11. The first-order valence-corrected chi connectivity index (χ1v) is 6.76. The van der Waals surface area contributed by atoms with Crippen molar-refractivity contribution in [1.82, 2.24) is 0 Å². The molecule has 0 atom stereocenters. The molecule has 2 nitrogen and oxygen atoms in total. The standard InChI is InChI=1S/C17H21NO/c1-14-6-2-3-9-16(14)13-19-17-10-4-7-15(12-17)8-5-11-18/h2-4,6-7,9-10,12H,5,8,11,13,18H2,1H3. The van der Waals surface area contributed by atoms with Crippen molar-refractivity contribution in [3.63, 3.8) is 0 Å². The highest BCUT2D eigenvalue weighted by Gasteiger charge is 2.00. The van der Waals surface area contributed by atoms with Crippen molar-refractivity contribution < 1.29 is 4.74 Å². The Morgan fingerprint density at radius 2 is 1.89 bits per heavy atom. The molecule has 0 aromatic heterocycles. The molecule has 0 amide bonds. The first kappa shape index (κ1) is 13.6. The van der Waals surface area contributed by atoms with Gasteiger partial charge in [-0.25, -0.2) is 0 Å². The van der Waals surface area contributed by atoms with Gasteiger partial charge in [0.05, 0.1) is 0 Å². The van der Waals surface area contributed by atoms with E-state index < -0.39 is 0 Å². The molecule has 2 heteroatoms. The number of aryl methyl sites for hydroxylation is 2. The van der Waals surface area contributed by atoms with Crippen molar-refractivity contribution in [2.45, 2.75) is 26.4 Å². The normalized spacial score (nSPS) is 10.4. The Kier molecular flexibility index (Phi) is 4.99. The Hall–Kier alpha value is -1.80. The van der Waals surface area contributed by atoms with Gasteiger partial charge in [-0.2, -0.15) is 0 Å². The molecule has 2 aromatic rings. The van der Waals surface area contributed by atoms with Gasteiger partial charge in [-0.15, -0.1) is 0 Å². The largest absolute Gasteiger partial charge is 0.489 e. The molecule has 2 aromatic carbocycles. The van der Waals surface area contributed by atoms with Gasteiger partial charge in [-0.1, -0.05) is 36.4 Å². The fraction of sp³-hybridized carbons (Fsp3) is 0.294. The minimum absolute atomic E-state index is 0.618. The number of nitrogens with two attached hydrogens (primary N) is 1. The summed E-state index contributed by atoms with van der Waals surface area (Å²) in [7, 11) is 0. The molecule has 0 unspecified atom stereocenters. The van der Waals surface area contributed by atoms with Gasteiger partial charge in [0.15, 0.2) is 0 Å². The monoisotopic (exact) mass is 255 g/mol. The SMILES string of the molecule is Cc1ccccc1COc1cccc(CCCN)c1. The lowest BCUT2D eigenvalue weighted by molar-refractivity contribution is 0.305. The minimum atomic E-state index is 0.618. The maximum absolute atomic E-state index is 5.86. The highest BCUT2D eigenvalue weighted by Crippen LogP contribution is 2.17. The second kappa shape index (κ2) is 6.95. The summed E-state index contributed by atoms with van der Waals surface area (Å²) >= 11 is 0. The van der Waals surface area contributed by atoms with Gasteiger partial charge in [0.1, 0.15) is 12.4 Å². The van der Waals surface area contributed by atoms with Crippen LogP contribution in [0.4, 0.5) is 0 Å². The minimum Gasteiger partial charge on any atom is -0.489 e. The average Bonchev–Trinajstić information content (AvgIpc) is 2.45. The van der Waals surface area contributed by atoms with Gasteiger partial charge >= 0.3 is 0 Å². The molecule has 0 saturated heterocycles. The molecule has 0 bridgehead atoms. The number of rotatable bonds is 6. The van der Waals surface area contributed by atoms with Crippen LogP contribution >= 0.6 is 0 Å². The van der Waals surface area contributed by atoms with Crippen LogP contribution in [0.25, 0.3) is 0 Å². The molecule has 0 aliphatic carbocycles. The lowest BCUT2D eigenvalue weighted by atomic mass is 10.1. The second-order valence-electron chi connectivity index (χ2n) is 4.75. The van der Waals surface area contributed by atoms with Crippen LogP contribution in [0.3, 0.4) is 0 Å². The van der Waals surface area contributed by atoms with E-state index in [4.69, 9.17) is 10.5 Å². The Morgan fingerprint density at radius 3 is 2.68 bits per heavy atom. The van der Waals surface area contributed by atoms with E-state index in [1.54, 1.807) is 0 Å². The molecule has 2 N–H and O–H groups in total. The van der Waals surface area contributed by atoms with Gasteiger partial charge in [0, 0.05) is 0 Å². The summed E-state index contributed by atoms with van der Waals surface area (Å²) in [6.45, 7) is 3.46. The van der Waals surface area contributed by atoms with E-state index in [0.717, 1.165) is 25.1 Å². The van der Waals surface area contributed by atoms with Crippen LogP contribution in [-0.2, 0) is 13.0 Å². The van der Waals surface area contributed by atoms with E-state index in [1.807, 2.05) is 24.3 Å². The van der Waals surface area contributed by atoms with E-state index in [1.165, 1.54) is 16.7 Å². The lowest BCUT2D eigenvalue weighted by Gasteiger charge is -2.09. The Morgan fingerprint density at radius 1 is 1.05 bits per heavy atom. The average molecular weight is 255 g/mol. The van der Waals surface area contributed by atoms with Crippen molar-refractivity contribution in [1.29, 1.82) is 0 Å². The molecule has 2 rings (SSSR count). The maximum atomic E-state index is 5.86. The van der Waals surface area contributed by atoms with E-state index in [0.29, 0.717) is 6.61 Å². The van der Waals surface area contributed by atoms with Crippen molar-refractivity contribution in [2.75, 3.05) is 6.54 Å². The first-order chi connectivity index (χ1) is 9.29. The number of hydrogen-bond acceptors (Lipinski definition) is 2. The molecular formula is C17H21NO. The molecule has 0 fully saturated rings. The molecule has 0 heterocycles. The van der Waals surface area contributed by atoms with E-state index >= 15 is 0 Å². The second-order valence-corrected chi connectivity index (χ2v) is 4.75. The highest BCUT2D eigenvalue weighted by atomic mass is 16.5. The zero-order valence-corrected chi connectivity index (χ0v) is 11.4. The Balaban J connectivity index is 1.98. The predicted molar refractivity (Wildman–Crippen MR) is 79.3 cm³/mol. The van der Waals surface area contributed by atoms with Gasteiger partial charge in [0.25, 0.3) is 0 Å². The third-order valence-electron chi connectivity index (χ3n) is 3.22. The fourth-order valence-electron chi connectivity index (χ4n) is 2.03. The maximum Gasteiger partial charge on any atom is 0.120 e. The molecular weight excluding hydrogens is 234 g/mol. The number of hydrogen-bond donors (Lipinski definition) is 1. The van der Waals surface area contributed by atoms with Crippen molar-refractivity contribution >= 4 is 0 Å². The molecule has 0 spiro atoms. The van der Waals surface area contributed by atoms with Crippen LogP contribution in [0, 0.1) is 6.92 Å². The van der Waals surface area contributed by atoms with Gasteiger partial charge in [-0.3, -0.25) is 0 Å². The molecule has 0 aliphatic rings. The first-order valence-electron chi connectivity index (χ1n) is 6.76. The van der Waals surface area contributed by atoms with E-state index in [2.05, 4.69) is 31.2 Å². The van der Waals surface area contributed by atoms with Crippen LogP contribution in [0.2, 0.25) is 0 Å². The van der Waals surface area contributed by atoms with Gasteiger partial charge < -0.3 is 10.5 Å². The lowest BCUT2D eigenvalue weighted by Crippen LogP contribution is -2.01. The van der Waals surface area contributed by atoms with Gasteiger partial charge in [-0.05, 0) is 55.1 Å². The smallest absolute Gasteiger partial charge is 0.120 e. The van der Waals surface area contributed by atoms with Crippen LogP contribution in [0.5, 0.6) is 5.75 Å². The molecule has 0 radical (unpaired) electrons. The molecule has 19 heavy (non-hydrogen) atoms. The summed E-state index contributed by atoms with van der Waals surface area (Å²) in [6, 6.07) is 16.6. The summed E-state index contributed by atoms with van der Waals surface area (Å²) in [5.41, 5.74) is 9.32. The van der Waals surface area contributed by atoms with Crippen molar-refractivity contribution in [2.24, 2.45) is 5.73 Å². The quantitative estimate of drug-likeness (QED) is 0.858. The zero-order chi connectivity index (χ0) is 13.5. The number of ether oxygens (including phenoxy) is 1. The summed E-state index contributed by atoms with van der Waals surface area (Å²) in [4.78, 5) is 0. The van der Waals surface area contributed by atoms with Crippen LogP contribution < -0.4 is 10.5 Å². The fourth-order valence-corrected chi connectivity index (χ4v) is 2.03. The Labute approximate surface area is 115 Å². The summed E-state index contributed by atoms with van der Waals surface area (Å²) < 4.78 is 5.86. The van der Waals surface area contributed by atoms with Crippen molar-refractivity contribution in [3.8, 4) is 5.75 Å². The van der Waals surface area contributed by atoms with Crippen LogP contribution in [0.15, 0.2) is 48.5 Å². The number of benzene rings is 2. The molecule has 0 aliphatic heterocycles. The predicted octanol–water partition coefficient (Wildman–Crippen LogP) is 3.47. The van der Waals surface area contributed by atoms with E-state index in [9.17, 15) is 0 Å². The summed E-state index contributed by atoms with van der Waals surface area (Å²) in [5, 5.41) is 0. The Bertz CT molecular complexity index is 522. The zero-order valence-electron chi connectivity index (χ0n) is 11.4. The van der Waals surface area contributed by atoms with Crippen LogP contribution in [-0.4, -0.2) is 6.54 Å². The third-order valence-corrected chi connectivity index (χ3v) is 3.22. The van der Waals surface area contributed by atoms with Crippen molar-refractivity contribution in [3.05, 3.63) is 65.2 Å². The molecule has 100 valence electrons. The topological polar surface area (TPSA) is 35.2 Å². The molecule has 0 saturated carbocycles. The summed E-state index contributed by atoms with van der Waals surface area (Å²) in [6.07, 6.45) is 2.03.